The number of aromatic amines is 1. The van der Waals surface area contributed by atoms with Crippen LogP contribution in [0.25, 0.3) is 10.9 Å². The highest BCUT2D eigenvalue weighted by Gasteiger charge is 2.60. The van der Waals surface area contributed by atoms with E-state index in [-0.39, 0.29) is 29.6 Å². The number of hydrogen-bond acceptors (Lipinski definition) is 4. The first-order valence-electron chi connectivity index (χ1n) is 13.1. The Morgan fingerprint density at radius 1 is 1.05 bits per heavy atom. The normalized spacial score (nSPS) is 27.3. The first-order chi connectivity index (χ1) is 17.8. The lowest BCUT2D eigenvalue weighted by Gasteiger charge is -2.30. The number of hydrogen-bond donors (Lipinski definition) is 1. The lowest BCUT2D eigenvalue weighted by atomic mass is 9.79. The molecule has 3 heterocycles. The predicted molar refractivity (Wildman–Crippen MR) is 137 cm³/mol. The van der Waals surface area contributed by atoms with Crippen molar-refractivity contribution in [1.29, 1.82) is 5.26 Å². The Bertz CT molecular complexity index is 1540. The molecule has 2 aromatic carbocycles. The molecule has 1 aromatic heterocycles. The second-order valence-corrected chi connectivity index (χ2v) is 11.5. The summed E-state index contributed by atoms with van der Waals surface area (Å²) in [4.78, 5) is 47.8. The van der Waals surface area contributed by atoms with Gasteiger partial charge in [-0.1, -0.05) is 36.4 Å². The zero-order valence-electron chi connectivity index (χ0n) is 20.8. The van der Waals surface area contributed by atoms with Crippen LogP contribution in [0.3, 0.4) is 0 Å². The largest absolute Gasteiger partial charge is 0.351 e. The van der Waals surface area contributed by atoms with Crippen molar-refractivity contribution >= 4 is 28.5 Å². The van der Waals surface area contributed by atoms with E-state index in [9.17, 15) is 19.6 Å². The average molecular weight is 493 g/mol. The Kier molecular flexibility index (Phi) is 4.55. The lowest BCUT2D eigenvalue weighted by Crippen LogP contribution is -2.50. The monoisotopic (exact) mass is 492 g/mol. The number of likely N-dealkylation sites (tertiary alicyclic amines) is 2. The van der Waals surface area contributed by atoms with E-state index in [2.05, 4.69) is 11.1 Å². The number of carbonyl (C=O) groups excluding carboxylic acids is 3. The summed E-state index contributed by atoms with van der Waals surface area (Å²) in [5, 5.41) is 11.0. The number of nitrogens with zero attached hydrogens (tertiary/aromatic N) is 3. The summed E-state index contributed by atoms with van der Waals surface area (Å²) in [6, 6.07) is 16.6. The van der Waals surface area contributed by atoms with Crippen molar-refractivity contribution < 1.29 is 14.4 Å². The number of rotatable bonds is 2. The summed E-state index contributed by atoms with van der Waals surface area (Å²) in [5.41, 5.74) is 3.56. The van der Waals surface area contributed by atoms with Crippen LogP contribution in [-0.2, 0) is 21.4 Å². The van der Waals surface area contributed by atoms with Gasteiger partial charge in [0.25, 0.3) is 5.91 Å². The molecule has 0 bridgehead atoms. The van der Waals surface area contributed by atoms with E-state index in [1.54, 1.807) is 9.80 Å². The van der Waals surface area contributed by atoms with Gasteiger partial charge in [-0.05, 0) is 66.8 Å². The highest BCUT2D eigenvalue weighted by molar-refractivity contribution is 6.02. The average Bonchev–Trinajstić information content (AvgIpc) is 3.25. The molecule has 37 heavy (non-hydrogen) atoms. The van der Waals surface area contributed by atoms with Gasteiger partial charge in [-0.25, -0.2) is 0 Å². The molecular weight excluding hydrogens is 464 g/mol. The zero-order chi connectivity index (χ0) is 25.5. The van der Waals surface area contributed by atoms with E-state index in [0.717, 1.165) is 40.4 Å². The highest BCUT2D eigenvalue weighted by Crippen LogP contribution is 2.56. The Morgan fingerprint density at radius 2 is 1.86 bits per heavy atom. The molecule has 3 atom stereocenters. The van der Waals surface area contributed by atoms with E-state index in [0.29, 0.717) is 31.5 Å². The van der Waals surface area contributed by atoms with Gasteiger partial charge >= 0.3 is 0 Å². The van der Waals surface area contributed by atoms with Gasteiger partial charge in [0.05, 0.1) is 11.5 Å². The molecule has 7 rings (SSSR count). The van der Waals surface area contributed by atoms with Crippen LogP contribution < -0.4 is 0 Å². The van der Waals surface area contributed by atoms with Crippen molar-refractivity contribution in [3.05, 3.63) is 70.9 Å². The number of benzene rings is 2. The van der Waals surface area contributed by atoms with Crippen LogP contribution in [0.2, 0.25) is 0 Å². The molecule has 3 aromatic rings. The molecule has 0 radical (unpaired) electrons. The predicted octanol–water partition coefficient (Wildman–Crippen LogP) is 3.66. The quantitative estimate of drug-likeness (QED) is 0.590. The molecule has 7 nitrogen and oxygen atoms in total. The molecule has 3 fully saturated rings. The molecule has 2 amide bonds. The summed E-state index contributed by atoms with van der Waals surface area (Å²) in [7, 11) is 0. The fraction of sp³-hybridized carbons (Fsp3) is 0.400. The fourth-order valence-corrected chi connectivity index (χ4v) is 7.08. The Balaban J connectivity index is 1.22. The number of aromatic nitrogens is 1. The van der Waals surface area contributed by atoms with Crippen molar-refractivity contribution in [3.8, 4) is 6.07 Å². The van der Waals surface area contributed by atoms with Crippen molar-refractivity contribution in [2.75, 3.05) is 13.1 Å². The maximum Gasteiger partial charge on any atom is 0.271 e. The van der Waals surface area contributed by atoms with Gasteiger partial charge in [-0.3, -0.25) is 14.4 Å². The SMILES string of the molecule is Cc1cccc2[nH]c(C(=O)N3CC4(CC4)C[C@H]3C(=O)N3C[C@]4(C[C@H]3C#N)C(=O)Cc3ccccc34)cc12. The second kappa shape index (κ2) is 7.55. The minimum absolute atomic E-state index is 0.00670. The molecule has 1 N–H and O–H groups in total. The van der Waals surface area contributed by atoms with Crippen molar-refractivity contribution in [2.24, 2.45) is 5.41 Å². The van der Waals surface area contributed by atoms with Gasteiger partial charge in [0.15, 0.2) is 0 Å². The van der Waals surface area contributed by atoms with Crippen LogP contribution in [-0.4, -0.2) is 57.6 Å². The molecule has 4 aliphatic rings. The molecule has 1 saturated carbocycles. The molecule has 0 unspecified atom stereocenters. The lowest BCUT2D eigenvalue weighted by molar-refractivity contribution is -0.135. The number of fused-ring (bicyclic) bond motifs is 3. The Labute approximate surface area is 215 Å². The summed E-state index contributed by atoms with van der Waals surface area (Å²) >= 11 is 0. The number of aryl methyl sites for hydroxylation is 1. The number of H-pyrrole nitrogens is 1. The molecule has 2 aliphatic carbocycles. The molecule has 186 valence electrons. The van der Waals surface area contributed by atoms with Crippen molar-refractivity contribution in [2.45, 2.75) is 56.5 Å². The number of carbonyl (C=O) groups is 3. The maximum absolute atomic E-state index is 14.1. The van der Waals surface area contributed by atoms with E-state index >= 15 is 0 Å². The Hall–Kier alpha value is -3.92. The van der Waals surface area contributed by atoms with Gasteiger partial charge < -0.3 is 14.8 Å². The summed E-state index contributed by atoms with van der Waals surface area (Å²) in [5.74, 6) is -0.303. The number of ketones is 1. The van der Waals surface area contributed by atoms with Gasteiger partial charge in [-0.15, -0.1) is 0 Å². The topological polar surface area (TPSA) is 97.3 Å². The molecular formula is C30H28N4O3. The van der Waals surface area contributed by atoms with Crippen molar-refractivity contribution in [3.63, 3.8) is 0 Å². The van der Waals surface area contributed by atoms with E-state index in [1.165, 1.54) is 0 Å². The van der Waals surface area contributed by atoms with Crippen LogP contribution in [0.1, 0.15) is 52.9 Å². The summed E-state index contributed by atoms with van der Waals surface area (Å²) < 4.78 is 0. The molecule has 2 spiro atoms. The van der Waals surface area contributed by atoms with Gasteiger partial charge in [0, 0.05) is 30.4 Å². The molecule has 2 aliphatic heterocycles. The van der Waals surface area contributed by atoms with Crippen LogP contribution in [0.4, 0.5) is 0 Å². The third-order valence-electron chi connectivity index (χ3n) is 9.33. The summed E-state index contributed by atoms with van der Waals surface area (Å²) in [6.45, 7) is 2.77. The van der Waals surface area contributed by atoms with Crippen molar-refractivity contribution in [1.82, 2.24) is 14.8 Å². The summed E-state index contributed by atoms with van der Waals surface area (Å²) in [6.07, 6.45) is 3.28. The van der Waals surface area contributed by atoms with Crippen LogP contribution in [0.5, 0.6) is 0 Å². The highest BCUT2D eigenvalue weighted by atomic mass is 16.2. The smallest absolute Gasteiger partial charge is 0.271 e. The molecule has 7 heteroatoms. The van der Waals surface area contributed by atoms with Crippen LogP contribution >= 0.6 is 0 Å². The van der Waals surface area contributed by atoms with E-state index in [4.69, 9.17) is 0 Å². The fourth-order valence-electron chi connectivity index (χ4n) is 7.08. The standard InChI is InChI=1S/C30H28N4O3/c1-18-5-4-8-23-21(18)12-24(32-23)27(36)34-16-29(9-10-29)14-25(34)28(37)33-17-30(13-20(33)15-31)22-7-3-2-6-19(22)11-26(30)35/h2-8,12,20,25,32H,9-11,13-14,16-17H2,1H3/t20-,25-,30-/m0/s1. The second-order valence-electron chi connectivity index (χ2n) is 11.5. The number of nitriles is 1. The minimum atomic E-state index is -0.827. The first-order valence-corrected chi connectivity index (χ1v) is 13.1. The zero-order valence-corrected chi connectivity index (χ0v) is 20.8. The van der Waals surface area contributed by atoms with Gasteiger partial charge in [0.2, 0.25) is 5.91 Å². The first kappa shape index (κ1) is 22.3. The van der Waals surface area contributed by atoms with Crippen LogP contribution in [0.15, 0.2) is 48.5 Å². The third kappa shape index (κ3) is 3.14. The van der Waals surface area contributed by atoms with Crippen LogP contribution in [0, 0.1) is 23.7 Å². The number of amides is 2. The van der Waals surface area contributed by atoms with E-state index < -0.39 is 17.5 Å². The maximum atomic E-state index is 14.1. The third-order valence-corrected chi connectivity index (χ3v) is 9.33. The van der Waals surface area contributed by atoms with Gasteiger partial charge in [-0.2, -0.15) is 5.26 Å². The Morgan fingerprint density at radius 3 is 2.62 bits per heavy atom. The van der Waals surface area contributed by atoms with Gasteiger partial charge in [0.1, 0.15) is 23.6 Å². The minimum Gasteiger partial charge on any atom is -0.351 e. The number of Topliss-reactive ketones (excluding diaryl/α,β-unsaturated/α-hetero) is 1. The molecule has 2 saturated heterocycles. The number of nitrogens with one attached hydrogen (secondary N) is 1. The van der Waals surface area contributed by atoms with E-state index in [1.807, 2.05) is 55.5 Å².